The summed E-state index contributed by atoms with van der Waals surface area (Å²) < 4.78 is 2.09. The van der Waals surface area contributed by atoms with Gasteiger partial charge >= 0.3 is 0 Å². The lowest BCUT2D eigenvalue weighted by Gasteiger charge is -2.02. The Hall–Kier alpha value is -1.32. The quantitative estimate of drug-likeness (QED) is 0.907. The fraction of sp³-hybridized carbons (Fsp3) is 0.308. The fourth-order valence-corrected chi connectivity index (χ4v) is 2.09. The Morgan fingerprint density at radius 1 is 1.35 bits per heavy atom. The maximum Gasteiger partial charge on any atom is 0.123 e. The molecule has 2 rings (SSSR count). The second-order valence-electron chi connectivity index (χ2n) is 4.03. The molecule has 0 spiro atoms. The largest absolute Gasteiger partial charge is 0.334 e. The molecule has 3 nitrogen and oxygen atoms in total. The molecular formula is C13H16ClN3. The third kappa shape index (κ3) is 2.21. The van der Waals surface area contributed by atoms with E-state index in [2.05, 4.69) is 21.8 Å². The zero-order valence-corrected chi connectivity index (χ0v) is 11.0. The molecule has 0 fully saturated rings. The van der Waals surface area contributed by atoms with Gasteiger partial charge in [-0.05, 0) is 20.0 Å². The standard InChI is InChI=1S/C13H16ClN3/c1-9-13(10-6-4-5-7-11(10)14)16-12(8-15-2)17(9)3/h4-7,15H,8H2,1-3H3. The van der Waals surface area contributed by atoms with Crippen molar-refractivity contribution in [2.45, 2.75) is 13.5 Å². The summed E-state index contributed by atoms with van der Waals surface area (Å²) >= 11 is 6.20. The first-order chi connectivity index (χ1) is 8.15. The molecule has 1 heterocycles. The molecule has 0 bridgehead atoms. The minimum atomic E-state index is 0.740. The number of aromatic nitrogens is 2. The van der Waals surface area contributed by atoms with Crippen LogP contribution in [0.2, 0.25) is 5.02 Å². The van der Waals surface area contributed by atoms with Crippen LogP contribution in [0.3, 0.4) is 0 Å². The second kappa shape index (κ2) is 4.90. The van der Waals surface area contributed by atoms with Crippen LogP contribution in [-0.4, -0.2) is 16.6 Å². The molecular weight excluding hydrogens is 234 g/mol. The highest BCUT2D eigenvalue weighted by atomic mass is 35.5. The molecule has 0 amide bonds. The van der Waals surface area contributed by atoms with Crippen molar-refractivity contribution in [2.24, 2.45) is 7.05 Å². The summed E-state index contributed by atoms with van der Waals surface area (Å²) in [5.41, 5.74) is 3.08. The third-order valence-electron chi connectivity index (χ3n) is 2.94. The topological polar surface area (TPSA) is 29.9 Å². The van der Waals surface area contributed by atoms with Crippen molar-refractivity contribution in [2.75, 3.05) is 7.05 Å². The van der Waals surface area contributed by atoms with Crippen molar-refractivity contribution in [1.29, 1.82) is 0 Å². The molecule has 0 saturated heterocycles. The van der Waals surface area contributed by atoms with Crippen LogP contribution in [0.4, 0.5) is 0 Å². The molecule has 0 aliphatic carbocycles. The van der Waals surface area contributed by atoms with Gasteiger partial charge in [-0.1, -0.05) is 29.8 Å². The number of halogens is 1. The van der Waals surface area contributed by atoms with E-state index in [9.17, 15) is 0 Å². The van der Waals surface area contributed by atoms with Crippen LogP contribution in [0.25, 0.3) is 11.3 Å². The molecule has 0 saturated carbocycles. The lowest BCUT2D eigenvalue weighted by molar-refractivity contribution is 0.701. The van der Waals surface area contributed by atoms with Gasteiger partial charge in [-0.2, -0.15) is 0 Å². The molecule has 0 aliphatic rings. The minimum Gasteiger partial charge on any atom is -0.334 e. The molecule has 2 aromatic rings. The van der Waals surface area contributed by atoms with Crippen molar-refractivity contribution in [3.8, 4) is 11.3 Å². The van der Waals surface area contributed by atoms with Gasteiger partial charge in [0.2, 0.25) is 0 Å². The summed E-state index contributed by atoms with van der Waals surface area (Å²) in [6.07, 6.45) is 0. The number of nitrogens with zero attached hydrogens (tertiary/aromatic N) is 2. The molecule has 0 radical (unpaired) electrons. The first-order valence-electron chi connectivity index (χ1n) is 5.57. The van der Waals surface area contributed by atoms with E-state index in [1.807, 2.05) is 38.4 Å². The number of nitrogens with one attached hydrogen (secondary N) is 1. The average molecular weight is 250 g/mol. The van der Waals surface area contributed by atoms with Gasteiger partial charge in [-0.15, -0.1) is 0 Å². The molecule has 1 N–H and O–H groups in total. The van der Waals surface area contributed by atoms with E-state index in [4.69, 9.17) is 11.6 Å². The van der Waals surface area contributed by atoms with Crippen LogP contribution in [0.5, 0.6) is 0 Å². The zero-order valence-electron chi connectivity index (χ0n) is 10.3. The normalized spacial score (nSPS) is 10.8. The highest BCUT2D eigenvalue weighted by Crippen LogP contribution is 2.29. The summed E-state index contributed by atoms with van der Waals surface area (Å²) in [4.78, 5) is 4.65. The van der Waals surface area contributed by atoms with E-state index < -0.39 is 0 Å². The highest BCUT2D eigenvalue weighted by molar-refractivity contribution is 6.33. The van der Waals surface area contributed by atoms with Gasteiger partial charge in [0.25, 0.3) is 0 Å². The maximum atomic E-state index is 6.20. The predicted molar refractivity (Wildman–Crippen MR) is 71.2 cm³/mol. The second-order valence-corrected chi connectivity index (χ2v) is 4.44. The van der Waals surface area contributed by atoms with Gasteiger partial charge in [0.05, 0.1) is 17.3 Å². The van der Waals surface area contributed by atoms with Crippen LogP contribution in [-0.2, 0) is 13.6 Å². The smallest absolute Gasteiger partial charge is 0.123 e. The van der Waals surface area contributed by atoms with Gasteiger partial charge in [0, 0.05) is 18.3 Å². The first-order valence-corrected chi connectivity index (χ1v) is 5.94. The van der Waals surface area contributed by atoms with E-state index in [0.717, 1.165) is 34.3 Å². The molecule has 17 heavy (non-hydrogen) atoms. The van der Waals surface area contributed by atoms with Crippen LogP contribution in [0.15, 0.2) is 24.3 Å². The number of imidazole rings is 1. The van der Waals surface area contributed by atoms with E-state index in [-0.39, 0.29) is 0 Å². The van der Waals surface area contributed by atoms with Crippen LogP contribution >= 0.6 is 11.6 Å². The molecule has 0 aliphatic heterocycles. The number of hydrogen-bond acceptors (Lipinski definition) is 2. The lowest BCUT2D eigenvalue weighted by atomic mass is 10.1. The van der Waals surface area contributed by atoms with E-state index >= 15 is 0 Å². The van der Waals surface area contributed by atoms with Crippen molar-refractivity contribution < 1.29 is 0 Å². The van der Waals surface area contributed by atoms with E-state index in [1.54, 1.807) is 0 Å². The fourth-order valence-electron chi connectivity index (χ4n) is 1.86. The Morgan fingerprint density at radius 2 is 2.06 bits per heavy atom. The van der Waals surface area contributed by atoms with Crippen molar-refractivity contribution in [3.05, 3.63) is 40.8 Å². The Labute approximate surface area is 106 Å². The molecule has 90 valence electrons. The van der Waals surface area contributed by atoms with E-state index in [1.165, 1.54) is 0 Å². The highest BCUT2D eigenvalue weighted by Gasteiger charge is 2.14. The van der Waals surface area contributed by atoms with Crippen molar-refractivity contribution in [1.82, 2.24) is 14.9 Å². The van der Waals surface area contributed by atoms with Gasteiger partial charge in [0.1, 0.15) is 5.82 Å². The third-order valence-corrected chi connectivity index (χ3v) is 3.27. The summed E-state index contributed by atoms with van der Waals surface area (Å²) in [7, 11) is 3.94. The van der Waals surface area contributed by atoms with Crippen LogP contribution in [0, 0.1) is 6.92 Å². The Morgan fingerprint density at radius 3 is 2.71 bits per heavy atom. The summed E-state index contributed by atoms with van der Waals surface area (Å²) in [6.45, 7) is 2.81. The number of hydrogen-bond donors (Lipinski definition) is 1. The van der Waals surface area contributed by atoms with Crippen molar-refractivity contribution >= 4 is 11.6 Å². The predicted octanol–water partition coefficient (Wildman–Crippen LogP) is 2.77. The summed E-state index contributed by atoms with van der Waals surface area (Å²) in [5.74, 6) is 1.01. The Bertz CT molecular complexity index is 531. The molecule has 0 unspecified atom stereocenters. The molecule has 4 heteroatoms. The Balaban J connectivity index is 2.53. The first kappa shape index (κ1) is 12.1. The SMILES string of the molecule is CNCc1nc(-c2ccccc2Cl)c(C)n1C. The minimum absolute atomic E-state index is 0.740. The van der Waals surface area contributed by atoms with Gasteiger partial charge < -0.3 is 9.88 Å². The number of benzene rings is 1. The van der Waals surface area contributed by atoms with Crippen molar-refractivity contribution in [3.63, 3.8) is 0 Å². The van der Waals surface area contributed by atoms with Crippen LogP contribution in [0.1, 0.15) is 11.5 Å². The summed E-state index contributed by atoms with van der Waals surface area (Å²) in [5, 5.41) is 3.86. The summed E-state index contributed by atoms with van der Waals surface area (Å²) in [6, 6.07) is 7.80. The Kier molecular flexibility index (Phi) is 3.50. The average Bonchev–Trinajstić information content (AvgIpc) is 2.59. The lowest BCUT2D eigenvalue weighted by Crippen LogP contribution is -2.10. The monoisotopic (exact) mass is 249 g/mol. The molecule has 1 aromatic carbocycles. The van der Waals surface area contributed by atoms with Gasteiger partial charge in [0.15, 0.2) is 0 Å². The van der Waals surface area contributed by atoms with Gasteiger partial charge in [-0.25, -0.2) is 4.98 Å². The van der Waals surface area contributed by atoms with Crippen LogP contribution < -0.4 is 5.32 Å². The number of rotatable bonds is 3. The van der Waals surface area contributed by atoms with Gasteiger partial charge in [-0.3, -0.25) is 0 Å². The molecule has 0 atom stereocenters. The maximum absolute atomic E-state index is 6.20. The zero-order chi connectivity index (χ0) is 12.4. The molecule has 1 aromatic heterocycles. The van der Waals surface area contributed by atoms with E-state index in [0.29, 0.717) is 0 Å².